The first-order chi connectivity index (χ1) is 10.3. The van der Waals surface area contributed by atoms with Gasteiger partial charge in [-0.1, -0.05) is 60.7 Å². The number of benzene rings is 2. The summed E-state index contributed by atoms with van der Waals surface area (Å²) in [6.45, 7) is -1.71. The minimum atomic E-state index is -0.894. The third-order valence-electron chi connectivity index (χ3n) is 3.50. The van der Waals surface area contributed by atoms with Crippen molar-refractivity contribution < 1.29 is 14.5 Å². The molecule has 0 radical (unpaired) electrons. The standard InChI is InChI=1S/C16H14B2O3/c19-17(13-7-3-1-4-8-13)15-11-12-21-16(15)18(20)14-9-5-2-6-10-14/h1-12,19-20H. The largest absolute Gasteiger partial charge is 0.476 e. The van der Waals surface area contributed by atoms with Crippen LogP contribution in [-0.2, 0) is 0 Å². The average molecular weight is 276 g/mol. The Hall–Kier alpha value is -2.23. The summed E-state index contributed by atoms with van der Waals surface area (Å²) in [5.74, 6) is 0. The fourth-order valence-electron chi connectivity index (χ4n) is 2.38. The van der Waals surface area contributed by atoms with Gasteiger partial charge in [0.1, 0.15) is 5.66 Å². The maximum absolute atomic E-state index is 10.5. The molecule has 3 nitrogen and oxygen atoms in total. The van der Waals surface area contributed by atoms with E-state index in [9.17, 15) is 10.0 Å². The Morgan fingerprint density at radius 1 is 0.667 bits per heavy atom. The summed E-state index contributed by atoms with van der Waals surface area (Å²) in [5, 5.41) is 20.9. The van der Waals surface area contributed by atoms with Crippen LogP contribution in [0.5, 0.6) is 0 Å². The van der Waals surface area contributed by atoms with Crippen molar-refractivity contribution in [1.82, 2.24) is 0 Å². The first-order valence-corrected chi connectivity index (χ1v) is 6.80. The highest BCUT2D eigenvalue weighted by Crippen LogP contribution is 1.93. The van der Waals surface area contributed by atoms with Crippen molar-refractivity contribution in [2.45, 2.75) is 0 Å². The lowest BCUT2D eigenvalue weighted by atomic mass is 9.48. The predicted octanol–water partition coefficient (Wildman–Crippen LogP) is -0.524. The van der Waals surface area contributed by atoms with Crippen LogP contribution in [0, 0.1) is 0 Å². The summed E-state index contributed by atoms with van der Waals surface area (Å²) >= 11 is 0. The molecule has 3 aromatic rings. The molecule has 0 bridgehead atoms. The van der Waals surface area contributed by atoms with E-state index in [-0.39, 0.29) is 0 Å². The normalized spacial score (nSPS) is 10.4. The summed E-state index contributed by atoms with van der Waals surface area (Å²) < 4.78 is 5.41. The van der Waals surface area contributed by atoms with Gasteiger partial charge in [0.2, 0.25) is 0 Å². The third kappa shape index (κ3) is 2.79. The molecule has 3 rings (SSSR count). The molecule has 0 saturated heterocycles. The maximum Gasteiger partial charge on any atom is 0.398 e. The second-order valence-corrected chi connectivity index (χ2v) is 4.87. The van der Waals surface area contributed by atoms with E-state index < -0.39 is 13.8 Å². The van der Waals surface area contributed by atoms with Gasteiger partial charge in [-0.25, -0.2) is 0 Å². The molecule has 0 amide bonds. The topological polar surface area (TPSA) is 53.6 Å². The summed E-state index contributed by atoms with van der Waals surface area (Å²) in [4.78, 5) is 0. The fraction of sp³-hybridized carbons (Fsp3) is 0. The first-order valence-electron chi connectivity index (χ1n) is 6.80. The van der Waals surface area contributed by atoms with Crippen molar-refractivity contribution in [2.24, 2.45) is 0 Å². The summed E-state index contributed by atoms with van der Waals surface area (Å²) in [5.41, 5.74) is 2.45. The van der Waals surface area contributed by atoms with Crippen LogP contribution in [0.3, 0.4) is 0 Å². The highest BCUT2D eigenvalue weighted by Gasteiger charge is 2.30. The highest BCUT2D eigenvalue weighted by atomic mass is 16.3. The van der Waals surface area contributed by atoms with E-state index in [0.717, 1.165) is 10.9 Å². The molecule has 5 heteroatoms. The van der Waals surface area contributed by atoms with Crippen LogP contribution in [-0.4, -0.2) is 23.9 Å². The lowest BCUT2D eigenvalue weighted by molar-refractivity contribution is 0.552. The molecule has 0 aliphatic rings. The van der Waals surface area contributed by atoms with E-state index in [1.54, 1.807) is 6.07 Å². The minimum Gasteiger partial charge on any atom is -0.476 e. The monoisotopic (exact) mass is 276 g/mol. The lowest BCUT2D eigenvalue weighted by Crippen LogP contribution is -2.56. The first kappa shape index (κ1) is 13.7. The van der Waals surface area contributed by atoms with Crippen molar-refractivity contribution in [2.75, 3.05) is 0 Å². The van der Waals surface area contributed by atoms with Crippen LogP contribution < -0.4 is 22.0 Å². The molecule has 0 saturated carbocycles. The van der Waals surface area contributed by atoms with E-state index in [2.05, 4.69) is 0 Å². The Bertz CT molecular complexity index is 638. The smallest absolute Gasteiger partial charge is 0.398 e. The highest BCUT2D eigenvalue weighted by molar-refractivity contribution is 6.88. The molecule has 102 valence electrons. The summed E-state index contributed by atoms with van der Waals surface area (Å²) in [6.07, 6.45) is 1.49. The van der Waals surface area contributed by atoms with Gasteiger partial charge in [0.15, 0.2) is 0 Å². The van der Waals surface area contributed by atoms with E-state index in [1.165, 1.54) is 6.26 Å². The zero-order chi connectivity index (χ0) is 14.7. The van der Waals surface area contributed by atoms with Gasteiger partial charge in [-0.05, 0) is 22.5 Å². The molecule has 1 aromatic heterocycles. The molecule has 0 fully saturated rings. The van der Waals surface area contributed by atoms with Gasteiger partial charge in [-0.3, -0.25) is 0 Å². The van der Waals surface area contributed by atoms with Gasteiger partial charge in [0, 0.05) is 0 Å². The van der Waals surface area contributed by atoms with Gasteiger partial charge in [0.25, 0.3) is 0 Å². The maximum atomic E-state index is 10.5. The lowest BCUT2D eigenvalue weighted by Gasteiger charge is -2.10. The fourth-order valence-corrected chi connectivity index (χ4v) is 2.38. The Morgan fingerprint density at radius 3 is 1.76 bits per heavy atom. The molecular formula is C16H14B2O3. The van der Waals surface area contributed by atoms with E-state index in [0.29, 0.717) is 11.1 Å². The van der Waals surface area contributed by atoms with Gasteiger partial charge in [-0.2, -0.15) is 0 Å². The van der Waals surface area contributed by atoms with Crippen LogP contribution in [0.4, 0.5) is 0 Å². The van der Waals surface area contributed by atoms with Crippen LogP contribution in [0.1, 0.15) is 0 Å². The number of hydrogen-bond donors (Lipinski definition) is 2. The molecule has 21 heavy (non-hydrogen) atoms. The zero-order valence-corrected chi connectivity index (χ0v) is 11.4. The van der Waals surface area contributed by atoms with Gasteiger partial charge in [0.05, 0.1) is 6.26 Å². The van der Waals surface area contributed by atoms with Gasteiger partial charge in [-0.15, -0.1) is 0 Å². The molecular weight excluding hydrogens is 262 g/mol. The number of hydrogen-bond acceptors (Lipinski definition) is 3. The van der Waals surface area contributed by atoms with Crippen LogP contribution in [0.25, 0.3) is 0 Å². The SMILES string of the molecule is OB(c1ccccc1)c1ccoc1B(O)c1ccccc1. The van der Waals surface area contributed by atoms with Crippen LogP contribution in [0.2, 0.25) is 0 Å². The second-order valence-electron chi connectivity index (χ2n) is 4.87. The number of furan rings is 1. The van der Waals surface area contributed by atoms with Crippen molar-refractivity contribution in [3.05, 3.63) is 73.0 Å². The van der Waals surface area contributed by atoms with Crippen molar-refractivity contribution >= 4 is 35.9 Å². The molecule has 2 aromatic carbocycles. The zero-order valence-electron chi connectivity index (χ0n) is 11.4. The molecule has 0 atom stereocenters. The van der Waals surface area contributed by atoms with Gasteiger partial charge < -0.3 is 14.5 Å². The van der Waals surface area contributed by atoms with Crippen LogP contribution in [0.15, 0.2) is 77.4 Å². The Balaban J connectivity index is 1.94. The Kier molecular flexibility index (Phi) is 3.95. The van der Waals surface area contributed by atoms with E-state index in [4.69, 9.17) is 4.42 Å². The minimum absolute atomic E-state index is 0.373. The predicted molar refractivity (Wildman–Crippen MR) is 86.1 cm³/mol. The average Bonchev–Trinajstić information content (AvgIpc) is 3.04. The van der Waals surface area contributed by atoms with Gasteiger partial charge >= 0.3 is 13.8 Å². The Morgan fingerprint density at radius 2 is 1.19 bits per heavy atom. The summed E-state index contributed by atoms with van der Waals surface area (Å²) in [7, 11) is 0. The third-order valence-corrected chi connectivity index (χ3v) is 3.50. The van der Waals surface area contributed by atoms with Crippen molar-refractivity contribution in [1.29, 1.82) is 0 Å². The van der Waals surface area contributed by atoms with Crippen LogP contribution >= 0.6 is 0 Å². The van der Waals surface area contributed by atoms with E-state index >= 15 is 0 Å². The molecule has 0 unspecified atom stereocenters. The van der Waals surface area contributed by atoms with Crippen molar-refractivity contribution in [3.63, 3.8) is 0 Å². The van der Waals surface area contributed by atoms with Crippen molar-refractivity contribution in [3.8, 4) is 0 Å². The van der Waals surface area contributed by atoms with E-state index in [1.807, 2.05) is 60.7 Å². The molecule has 2 N–H and O–H groups in total. The quantitative estimate of drug-likeness (QED) is 0.630. The Labute approximate surface area is 124 Å². The summed E-state index contributed by atoms with van der Waals surface area (Å²) in [6, 6.07) is 20.3. The second kappa shape index (κ2) is 6.04. The number of rotatable bonds is 4. The molecule has 1 heterocycles. The molecule has 0 aliphatic heterocycles. The molecule has 0 aliphatic carbocycles. The molecule has 0 spiro atoms.